The molecule has 2 saturated heterocycles. The molecule has 0 amide bonds. The van der Waals surface area contributed by atoms with Gasteiger partial charge in [-0.15, -0.1) is 6.58 Å². The number of rotatable bonds is 6. The maximum absolute atomic E-state index is 12.8. The Bertz CT molecular complexity index is 1370. The molecule has 10 atom stereocenters. The largest absolute Gasteiger partial charge is 0.478 e. The van der Waals surface area contributed by atoms with Crippen molar-refractivity contribution in [1.29, 1.82) is 0 Å². The van der Waals surface area contributed by atoms with Crippen LogP contribution in [0.2, 0.25) is 0 Å². The Balaban J connectivity index is 0.000000409. The zero-order valence-electron chi connectivity index (χ0n) is 34.2. The number of ether oxygens (including phenoxy) is 2. The Morgan fingerprint density at radius 3 is 2.35 bits per heavy atom. The van der Waals surface area contributed by atoms with Crippen molar-refractivity contribution in [2.75, 3.05) is 4.43 Å². The van der Waals surface area contributed by atoms with Crippen molar-refractivity contribution >= 4 is 38.2 Å². The first-order valence-electron chi connectivity index (χ1n) is 20.2. The average molecular weight is 835 g/mol. The molecule has 0 aromatic heterocycles. The second-order valence-electron chi connectivity index (χ2n) is 17.0. The Labute approximate surface area is 324 Å². The molecule has 294 valence electrons. The molecule has 0 spiro atoms. The van der Waals surface area contributed by atoms with E-state index in [-0.39, 0.29) is 18.5 Å². The molecule has 0 bridgehead atoms. The maximum atomic E-state index is 12.8. The molecular weight excluding hydrogens is 763 g/mol. The van der Waals surface area contributed by atoms with Crippen molar-refractivity contribution in [3.8, 4) is 11.8 Å². The summed E-state index contributed by atoms with van der Waals surface area (Å²) in [6.07, 6.45) is 21.3. The van der Waals surface area contributed by atoms with Gasteiger partial charge in [0.2, 0.25) is 0 Å². The van der Waals surface area contributed by atoms with Crippen LogP contribution in [0.25, 0.3) is 0 Å². The van der Waals surface area contributed by atoms with Crippen LogP contribution >= 0.6 is 19.8 Å². The van der Waals surface area contributed by atoms with E-state index in [4.69, 9.17) is 14.6 Å². The van der Waals surface area contributed by atoms with Gasteiger partial charge in [-0.25, -0.2) is 4.79 Å². The number of aliphatic carboxylic acids is 1. The van der Waals surface area contributed by atoms with Gasteiger partial charge < -0.3 is 5.11 Å². The average Bonchev–Trinajstić information content (AvgIpc) is 3.52. The fraction of sp³-hybridized carbons (Fsp3) is 0.756. The summed E-state index contributed by atoms with van der Waals surface area (Å²) in [5.41, 5.74) is 0.324. The normalized spacial score (nSPS) is 37.5. The van der Waals surface area contributed by atoms with E-state index in [9.17, 15) is 14.4 Å². The Morgan fingerprint density at radius 2 is 1.75 bits per heavy atom. The van der Waals surface area contributed by atoms with E-state index >= 15 is 0 Å². The predicted molar refractivity (Wildman–Crippen MR) is 222 cm³/mol. The summed E-state index contributed by atoms with van der Waals surface area (Å²) in [5.74, 6) is 9.31. The summed E-state index contributed by atoms with van der Waals surface area (Å²) in [6, 6.07) is 0. The van der Waals surface area contributed by atoms with Gasteiger partial charge in [0.15, 0.2) is 0 Å². The quantitative estimate of drug-likeness (QED) is 0.0716. The molecule has 4 aliphatic carbocycles. The smallest absolute Gasteiger partial charge is 0.335 e. The van der Waals surface area contributed by atoms with E-state index in [1.807, 2.05) is 26.8 Å². The van der Waals surface area contributed by atoms with E-state index < -0.39 is 31.4 Å². The molecule has 0 radical (unpaired) electrons. The molecule has 10 unspecified atom stereocenters. The molecule has 2 heterocycles. The Morgan fingerprint density at radius 1 is 1.06 bits per heavy atom. The first-order valence-corrected chi connectivity index (χ1v) is 24.0. The Hall–Kier alpha value is -2.08. The van der Waals surface area contributed by atoms with E-state index in [0.717, 1.165) is 28.6 Å². The summed E-state index contributed by atoms with van der Waals surface area (Å²) in [5, 5.41) is 8.50. The van der Waals surface area contributed by atoms with Crippen molar-refractivity contribution in [3.63, 3.8) is 0 Å². The van der Waals surface area contributed by atoms with Gasteiger partial charge in [-0.2, -0.15) is 0 Å². The molecule has 6 aliphatic rings. The van der Waals surface area contributed by atoms with Crippen LogP contribution in [0.15, 0.2) is 36.5 Å². The van der Waals surface area contributed by atoms with Crippen LogP contribution in [-0.2, 0) is 23.9 Å². The molecule has 7 heteroatoms. The summed E-state index contributed by atoms with van der Waals surface area (Å²) < 4.78 is 14.3. The van der Waals surface area contributed by atoms with Gasteiger partial charge in [-0.1, -0.05) is 45.1 Å². The number of carboxylic acids is 1. The molecule has 6 nitrogen and oxygen atoms in total. The standard InChI is InChI=1S/C32H49IO4.C8H10O2.C3H6.C2H6/c1-7-14-32-15-8-9-24(32)25-10-11-27-30(5)16-13-26(37-28(35)20-29(3,4)36-21-34)22(2)23(30)12-17-31(27,6)33(25)19-18-32;1-6-2-4-7(5-3-6)8(9)10;1-3-2;1-2/h21-27H,8-13,15-20H2,1-6H3;2,4-6H,3H2,1H3,(H,9,10);3H,1H2,2H3;1-2H3. The van der Waals surface area contributed by atoms with Gasteiger partial charge in [0.05, 0.1) is 5.57 Å². The van der Waals surface area contributed by atoms with Crippen LogP contribution in [0.5, 0.6) is 0 Å². The van der Waals surface area contributed by atoms with Gasteiger partial charge >= 0.3 is 234 Å². The third kappa shape index (κ3) is 9.58. The van der Waals surface area contributed by atoms with Crippen LogP contribution in [0.3, 0.4) is 0 Å². The molecule has 52 heavy (non-hydrogen) atoms. The van der Waals surface area contributed by atoms with Gasteiger partial charge in [0.25, 0.3) is 0 Å². The van der Waals surface area contributed by atoms with Crippen molar-refractivity contribution in [2.24, 2.45) is 40.4 Å². The van der Waals surface area contributed by atoms with Gasteiger partial charge in [0.1, 0.15) is 0 Å². The van der Waals surface area contributed by atoms with Gasteiger partial charge in [-0.05, 0) is 19.3 Å². The number of hydrogen-bond donors (Lipinski definition) is 1. The second-order valence-corrected chi connectivity index (χ2v) is 24.4. The molecule has 5 fully saturated rings. The summed E-state index contributed by atoms with van der Waals surface area (Å²) >= 11 is -1.15. The minimum Gasteiger partial charge on any atom is -0.478 e. The van der Waals surface area contributed by atoms with Crippen molar-refractivity contribution in [3.05, 3.63) is 36.5 Å². The third-order valence-corrected chi connectivity index (χ3v) is 22.9. The summed E-state index contributed by atoms with van der Waals surface area (Å²) in [6.45, 7) is 25.0. The molecule has 3 saturated carbocycles. The van der Waals surface area contributed by atoms with Crippen LogP contribution in [0.1, 0.15) is 146 Å². The zero-order chi connectivity index (χ0) is 38.9. The number of fused-ring (bicyclic) bond motifs is 7. The molecule has 2 aliphatic heterocycles. The zero-order valence-corrected chi connectivity index (χ0v) is 36.4. The summed E-state index contributed by atoms with van der Waals surface area (Å²) in [4.78, 5) is 33.9. The van der Waals surface area contributed by atoms with Crippen molar-refractivity contribution in [1.82, 2.24) is 0 Å². The fourth-order valence-corrected chi connectivity index (χ4v) is 22.6. The SMILES string of the molecule is C=CC.CC.CC#CC12CCCC1C1CCC3C4(C)CCC(OC(=O)CC(C)(C)OC=O)C(C)C4CCC3(C)I1CC2.CC1C=CC(C(=O)O)=CC1. The first kappa shape index (κ1) is 44.3. The van der Waals surface area contributed by atoms with Crippen LogP contribution in [-0.4, -0.2) is 47.0 Å². The molecule has 6 rings (SSSR count). The number of halogens is 1. The van der Waals surface area contributed by atoms with E-state index in [1.54, 1.807) is 32.1 Å². The molecule has 0 aromatic rings. The number of hydrogen-bond acceptors (Lipinski definition) is 5. The van der Waals surface area contributed by atoms with Crippen LogP contribution in [0.4, 0.5) is 0 Å². The van der Waals surface area contributed by atoms with Gasteiger partial charge in [-0.3, -0.25) is 4.79 Å². The molecule has 0 aromatic carbocycles. The molecule has 1 N–H and O–H groups in total. The monoisotopic (exact) mass is 834 g/mol. The number of carbonyl (C=O) groups excluding carboxylic acids is 2. The maximum Gasteiger partial charge on any atom is 0.335 e. The number of carboxylic acid groups (broad SMARTS) is 1. The minimum atomic E-state index is -1.15. The minimum absolute atomic E-state index is 0.0153. The molecular formula is C45H71IO6. The van der Waals surface area contributed by atoms with Crippen LogP contribution in [0, 0.1) is 52.3 Å². The number of allylic oxidation sites excluding steroid dienone is 3. The third-order valence-electron chi connectivity index (χ3n) is 13.3. The van der Waals surface area contributed by atoms with Crippen LogP contribution < -0.4 is 0 Å². The van der Waals surface area contributed by atoms with Crippen molar-refractivity contribution in [2.45, 2.75) is 165 Å². The van der Waals surface area contributed by atoms with Crippen molar-refractivity contribution < 1.29 is 29.0 Å². The van der Waals surface area contributed by atoms with Gasteiger partial charge in [0, 0.05) is 0 Å². The topological polar surface area (TPSA) is 89.9 Å². The number of esters is 1. The second kappa shape index (κ2) is 19.0. The first-order chi connectivity index (χ1) is 24.6. The Kier molecular flexibility index (Phi) is 16.2. The van der Waals surface area contributed by atoms with E-state index in [2.05, 4.69) is 53.0 Å². The number of alkyl halides is 3. The van der Waals surface area contributed by atoms with E-state index in [0.29, 0.717) is 44.1 Å². The number of carbonyl (C=O) groups is 3. The summed E-state index contributed by atoms with van der Waals surface area (Å²) in [7, 11) is 0. The van der Waals surface area contributed by atoms with E-state index in [1.165, 1.54) is 62.2 Å². The fourth-order valence-electron chi connectivity index (χ4n) is 11.0. The predicted octanol–water partition coefficient (Wildman–Crippen LogP) is 11.2.